The summed E-state index contributed by atoms with van der Waals surface area (Å²) in [7, 11) is 3.18. The molecule has 0 atom stereocenters. The van der Waals surface area contributed by atoms with E-state index >= 15 is 0 Å². The number of carbonyl (C=O) groups is 1. The fourth-order valence-corrected chi connectivity index (χ4v) is 3.28. The zero-order valence-corrected chi connectivity index (χ0v) is 16.8. The van der Waals surface area contributed by atoms with Crippen molar-refractivity contribution in [3.05, 3.63) is 76.1 Å². The quantitative estimate of drug-likeness (QED) is 0.655. The van der Waals surface area contributed by atoms with Crippen LogP contribution < -0.4 is 14.8 Å². The van der Waals surface area contributed by atoms with Crippen molar-refractivity contribution in [3.8, 4) is 11.5 Å². The Hall–Kier alpha value is -2.99. The van der Waals surface area contributed by atoms with Gasteiger partial charge < -0.3 is 14.8 Å². The third-order valence-electron chi connectivity index (χ3n) is 4.39. The first-order valence-corrected chi connectivity index (χ1v) is 9.17. The molecule has 0 saturated heterocycles. The fourth-order valence-electron chi connectivity index (χ4n) is 2.96. The van der Waals surface area contributed by atoms with Crippen LogP contribution >= 0.6 is 11.6 Å². The molecule has 3 aromatic rings. The Morgan fingerprint density at radius 3 is 2.57 bits per heavy atom. The van der Waals surface area contributed by atoms with Gasteiger partial charge in [0.25, 0.3) is 5.91 Å². The highest BCUT2D eigenvalue weighted by atomic mass is 35.5. The lowest BCUT2D eigenvalue weighted by Gasteiger charge is -2.11. The number of ether oxygens (including phenoxy) is 2. The molecule has 0 aliphatic rings. The number of aromatic nitrogens is 2. The molecule has 146 valence electrons. The molecule has 1 N–H and O–H groups in total. The molecule has 28 heavy (non-hydrogen) atoms. The first kappa shape index (κ1) is 19.8. The summed E-state index contributed by atoms with van der Waals surface area (Å²) in [6, 6.07) is 15.3. The predicted molar refractivity (Wildman–Crippen MR) is 108 cm³/mol. The van der Waals surface area contributed by atoms with Gasteiger partial charge in [0.1, 0.15) is 16.7 Å². The van der Waals surface area contributed by atoms with Gasteiger partial charge in [-0.3, -0.25) is 4.79 Å². The highest BCUT2D eigenvalue weighted by molar-refractivity contribution is 6.33. The average Bonchev–Trinajstić information content (AvgIpc) is 2.99. The van der Waals surface area contributed by atoms with E-state index in [0.29, 0.717) is 34.5 Å². The summed E-state index contributed by atoms with van der Waals surface area (Å²) in [6.07, 6.45) is 0. The minimum atomic E-state index is -0.285. The summed E-state index contributed by atoms with van der Waals surface area (Å²) >= 11 is 6.46. The van der Waals surface area contributed by atoms with E-state index in [0.717, 1.165) is 11.1 Å². The third kappa shape index (κ3) is 4.28. The molecule has 0 radical (unpaired) electrons. The minimum Gasteiger partial charge on any atom is -0.497 e. The van der Waals surface area contributed by atoms with Crippen molar-refractivity contribution in [2.75, 3.05) is 14.2 Å². The van der Waals surface area contributed by atoms with E-state index < -0.39 is 0 Å². The summed E-state index contributed by atoms with van der Waals surface area (Å²) in [5.74, 6) is 1.07. The van der Waals surface area contributed by atoms with Crippen LogP contribution in [0.25, 0.3) is 0 Å². The lowest BCUT2D eigenvalue weighted by molar-refractivity contribution is 0.0950. The van der Waals surface area contributed by atoms with Crippen LogP contribution in [0.2, 0.25) is 5.15 Å². The topological polar surface area (TPSA) is 65.4 Å². The van der Waals surface area contributed by atoms with Gasteiger partial charge in [0.05, 0.1) is 32.0 Å². The summed E-state index contributed by atoms with van der Waals surface area (Å²) in [6.45, 7) is 2.55. The number of amides is 1. The zero-order valence-electron chi connectivity index (χ0n) is 16.0. The van der Waals surface area contributed by atoms with Gasteiger partial charge in [0, 0.05) is 12.1 Å². The maximum absolute atomic E-state index is 12.8. The standard InChI is InChI=1S/C21H22ClN3O3/c1-14-19(20(22)25(24-14)13-15-7-5-4-6-8-15)21(26)23-12-16-11-17(27-2)9-10-18(16)28-3/h4-11H,12-13H2,1-3H3,(H,23,26). The number of hydrogen-bond acceptors (Lipinski definition) is 4. The summed E-state index contributed by atoms with van der Waals surface area (Å²) < 4.78 is 12.2. The number of aryl methyl sites for hydroxylation is 1. The number of nitrogens with one attached hydrogen (secondary N) is 1. The monoisotopic (exact) mass is 399 g/mol. The van der Waals surface area contributed by atoms with Crippen LogP contribution in [-0.4, -0.2) is 29.9 Å². The Labute approximate surface area is 169 Å². The molecule has 0 bridgehead atoms. The normalized spacial score (nSPS) is 10.6. The first-order valence-electron chi connectivity index (χ1n) is 8.79. The average molecular weight is 400 g/mol. The molecule has 0 saturated carbocycles. The SMILES string of the molecule is COc1ccc(OC)c(CNC(=O)c2c(C)nn(Cc3ccccc3)c2Cl)c1. The van der Waals surface area contributed by atoms with Gasteiger partial charge in [-0.2, -0.15) is 5.10 Å². The van der Waals surface area contributed by atoms with E-state index in [-0.39, 0.29) is 12.5 Å². The van der Waals surface area contributed by atoms with E-state index in [2.05, 4.69) is 10.4 Å². The smallest absolute Gasteiger partial charge is 0.256 e. The van der Waals surface area contributed by atoms with Gasteiger partial charge in [0.15, 0.2) is 0 Å². The first-order chi connectivity index (χ1) is 13.5. The highest BCUT2D eigenvalue weighted by Gasteiger charge is 2.20. The van der Waals surface area contributed by atoms with Gasteiger partial charge >= 0.3 is 0 Å². The lowest BCUT2D eigenvalue weighted by Crippen LogP contribution is -2.24. The van der Waals surface area contributed by atoms with E-state index in [4.69, 9.17) is 21.1 Å². The summed E-state index contributed by atoms with van der Waals surface area (Å²) in [4.78, 5) is 12.8. The molecule has 0 unspecified atom stereocenters. The van der Waals surface area contributed by atoms with Crippen molar-refractivity contribution in [3.63, 3.8) is 0 Å². The molecule has 6 nitrogen and oxygen atoms in total. The molecule has 0 aliphatic heterocycles. The molecule has 1 aromatic heterocycles. The second kappa shape index (κ2) is 8.80. The van der Waals surface area contributed by atoms with Crippen molar-refractivity contribution in [1.82, 2.24) is 15.1 Å². The van der Waals surface area contributed by atoms with Crippen molar-refractivity contribution in [1.29, 1.82) is 0 Å². The number of carbonyl (C=O) groups excluding carboxylic acids is 1. The van der Waals surface area contributed by atoms with E-state index in [1.807, 2.05) is 36.4 Å². The predicted octanol–water partition coefficient (Wildman–Crippen LogP) is 3.84. The minimum absolute atomic E-state index is 0.277. The van der Waals surface area contributed by atoms with Crippen LogP contribution in [0.3, 0.4) is 0 Å². The highest BCUT2D eigenvalue weighted by Crippen LogP contribution is 2.25. The number of hydrogen-bond donors (Lipinski definition) is 1. The molecule has 2 aromatic carbocycles. The Morgan fingerprint density at radius 2 is 1.89 bits per heavy atom. The Morgan fingerprint density at radius 1 is 1.14 bits per heavy atom. The molecule has 1 heterocycles. The number of halogens is 1. The van der Waals surface area contributed by atoms with Gasteiger partial charge in [-0.1, -0.05) is 41.9 Å². The summed E-state index contributed by atoms with van der Waals surface area (Å²) in [5, 5.41) is 7.63. The van der Waals surface area contributed by atoms with Gasteiger partial charge in [-0.15, -0.1) is 0 Å². The molecule has 7 heteroatoms. The van der Waals surface area contributed by atoms with E-state index in [1.54, 1.807) is 38.0 Å². The van der Waals surface area contributed by atoms with Gasteiger partial charge in [0.2, 0.25) is 0 Å². The molecule has 0 spiro atoms. The number of methoxy groups -OCH3 is 2. The van der Waals surface area contributed by atoms with Crippen LogP contribution in [0.1, 0.15) is 27.2 Å². The molecular formula is C21H22ClN3O3. The van der Waals surface area contributed by atoms with Crippen molar-refractivity contribution in [2.45, 2.75) is 20.0 Å². The molecular weight excluding hydrogens is 378 g/mol. The van der Waals surface area contributed by atoms with Gasteiger partial charge in [-0.05, 0) is 30.7 Å². The lowest BCUT2D eigenvalue weighted by atomic mass is 10.1. The number of rotatable bonds is 7. The van der Waals surface area contributed by atoms with Crippen molar-refractivity contribution in [2.24, 2.45) is 0 Å². The zero-order chi connectivity index (χ0) is 20.1. The van der Waals surface area contributed by atoms with Gasteiger partial charge in [-0.25, -0.2) is 4.68 Å². The maximum atomic E-state index is 12.8. The maximum Gasteiger partial charge on any atom is 0.256 e. The van der Waals surface area contributed by atoms with Crippen LogP contribution in [0.15, 0.2) is 48.5 Å². The molecule has 3 rings (SSSR count). The van der Waals surface area contributed by atoms with Crippen LogP contribution in [-0.2, 0) is 13.1 Å². The summed E-state index contributed by atoms with van der Waals surface area (Å²) in [5.41, 5.74) is 2.82. The number of nitrogens with zero attached hydrogens (tertiary/aromatic N) is 2. The van der Waals surface area contributed by atoms with Crippen LogP contribution in [0, 0.1) is 6.92 Å². The second-order valence-electron chi connectivity index (χ2n) is 6.25. The van der Waals surface area contributed by atoms with E-state index in [9.17, 15) is 4.79 Å². The Balaban J connectivity index is 1.76. The Kier molecular flexibility index (Phi) is 6.21. The van der Waals surface area contributed by atoms with Crippen LogP contribution in [0.4, 0.5) is 0 Å². The largest absolute Gasteiger partial charge is 0.497 e. The Bertz CT molecular complexity index is 971. The molecule has 1 amide bonds. The fraction of sp³-hybridized carbons (Fsp3) is 0.238. The molecule has 0 aliphatic carbocycles. The third-order valence-corrected chi connectivity index (χ3v) is 4.78. The van der Waals surface area contributed by atoms with Crippen molar-refractivity contribution < 1.29 is 14.3 Å². The molecule has 0 fully saturated rings. The van der Waals surface area contributed by atoms with Crippen LogP contribution in [0.5, 0.6) is 11.5 Å². The number of benzene rings is 2. The van der Waals surface area contributed by atoms with E-state index in [1.165, 1.54) is 0 Å². The second-order valence-corrected chi connectivity index (χ2v) is 6.61. The van der Waals surface area contributed by atoms with Crippen molar-refractivity contribution >= 4 is 17.5 Å².